The first-order valence-corrected chi connectivity index (χ1v) is 5.63. The van der Waals surface area contributed by atoms with Gasteiger partial charge in [-0.2, -0.15) is 0 Å². The van der Waals surface area contributed by atoms with Crippen LogP contribution >= 0.6 is 12.4 Å². The molecule has 94 valence electrons. The van der Waals surface area contributed by atoms with Crippen molar-refractivity contribution in [2.75, 3.05) is 26.8 Å². The van der Waals surface area contributed by atoms with Gasteiger partial charge in [-0.05, 0) is 37.8 Å². The first-order chi connectivity index (χ1) is 7.24. The first kappa shape index (κ1) is 13.7. The highest BCUT2D eigenvalue weighted by Gasteiger charge is 2.41. The standard InChI is InChI=1S/C11H19NO3.ClH/c1-14-10(13)6-9-7-11(8-15-9)2-4-12-5-3-11;/h9,12H,2-8H2,1H3;1H. The fourth-order valence-electron chi connectivity index (χ4n) is 2.60. The first-order valence-electron chi connectivity index (χ1n) is 5.63. The molecule has 1 spiro atoms. The molecule has 0 radical (unpaired) electrons. The number of rotatable bonds is 2. The Balaban J connectivity index is 0.00000128. The molecule has 0 aromatic heterocycles. The minimum Gasteiger partial charge on any atom is -0.469 e. The van der Waals surface area contributed by atoms with Gasteiger partial charge in [0.05, 0.1) is 26.2 Å². The van der Waals surface area contributed by atoms with E-state index in [9.17, 15) is 4.79 Å². The summed E-state index contributed by atoms with van der Waals surface area (Å²) in [4.78, 5) is 11.1. The monoisotopic (exact) mass is 249 g/mol. The molecular formula is C11H20ClNO3. The lowest BCUT2D eigenvalue weighted by Crippen LogP contribution is -2.37. The largest absolute Gasteiger partial charge is 0.469 e. The normalized spacial score (nSPS) is 27.4. The minimum atomic E-state index is -0.161. The number of ether oxygens (including phenoxy) is 2. The van der Waals surface area contributed by atoms with E-state index in [2.05, 4.69) is 10.1 Å². The van der Waals surface area contributed by atoms with Crippen LogP contribution in [0.15, 0.2) is 0 Å². The molecule has 1 atom stereocenters. The second-order valence-electron chi connectivity index (χ2n) is 4.67. The van der Waals surface area contributed by atoms with Gasteiger partial charge in [0.15, 0.2) is 0 Å². The molecular weight excluding hydrogens is 230 g/mol. The SMILES string of the molecule is COC(=O)CC1CC2(CCNCC2)CO1.Cl. The van der Waals surface area contributed by atoms with Gasteiger partial charge >= 0.3 is 5.97 Å². The summed E-state index contributed by atoms with van der Waals surface area (Å²) in [6.45, 7) is 2.97. The molecule has 0 aromatic carbocycles. The lowest BCUT2D eigenvalue weighted by molar-refractivity contribution is -0.143. The molecule has 0 amide bonds. The predicted molar refractivity (Wildman–Crippen MR) is 62.8 cm³/mol. The molecule has 0 aliphatic carbocycles. The fourth-order valence-corrected chi connectivity index (χ4v) is 2.60. The van der Waals surface area contributed by atoms with Gasteiger partial charge in [0.2, 0.25) is 0 Å². The minimum absolute atomic E-state index is 0. The van der Waals surface area contributed by atoms with E-state index in [1.54, 1.807) is 0 Å². The molecule has 0 aromatic rings. The molecule has 2 saturated heterocycles. The number of hydrogen-bond acceptors (Lipinski definition) is 4. The van der Waals surface area contributed by atoms with Crippen LogP contribution in [0.1, 0.15) is 25.7 Å². The zero-order chi connectivity index (χ0) is 10.7. The molecule has 2 fully saturated rings. The molecule has 1 unspecified atom stereocenters. The van der Waals surface area contributed by atoms with Crippen molar-refractivity contribution in [2.24, 2.45) is 5.41 Å². The number of piperidine rings is 1. The molecule has 4 nitrogen and oxygen atoms in total. The van der Waals surface area contributed by atoms with E-state index in [1.165, 1.54) is 20.0 Å². The quantitative estimate of drug-likeness (QED) is 0.746. The number of nitrogens with one attached hydrogen (secondary N) is 1. The van der Waals surface area contributed by atoms with Crippen LogP contribution in [0.2, 0.25) is 0 Å². The lowest BCUT2D eigenvalue weighted by atomic mass is 9.77. The fraction of sp³-hybridized carbons (Fsp3) is 0.909. The Hall–Kier alpha value is -0.320. The van der Waals surface area contributed by atoms with Crippen molar-refractivity contribution < 1.29 is 14.3 Å². The van der Waals surface area contributed by atoms with Crippen LogP contribution in [0, 0.1) is 5.41 Å². The molecule has 16 heavy (non-hydrogen) atoms. The van der Waals surface area contributed by atoms with Gasteiger partial charge in [0, 0.05) is 0 Å². The maximum atomic E-state index is 11.1. The third-order valence-corrected chi connectivity index (χ3v) is 3.57. The summed E-state index contributed by atoms with van der Waals surface area (Å²) >= 11 is 0. The third kappa shape index (κ3) is 3.09. The van der Waals surface area contributed by atoms with E-state index in [1.807, 2.05) is 0 Å². The molecule has 5 heteroatoms. The highest BCUT2D eigenvalue weighted by Crippen LogP contribution is 2.41. The molecule has 2 aliphatic heterocycles. The van der Waals surface area contributed by atoms with Crippen LogP contribution in [-0.4, -0.2) is 38.9 Å². The maximum Gasteiger partial charge on any atom is 0.308 e. The topological polar surface area (TPSA) is 47.6 Å². The Morgan fingerprint density at radius 2 is 2.19 bits per heavy atom. The van der Waals surface area contributed by atoms with Crippen LogP contribution in [0.5, 0.6) is 0 Å². The predicted octanol–water partition coefficient (Wildman–Crippen LogP) is 1.13. The molecule has 0 bridgehead atoms. The van der Waals surface area contributed by atoms with E-state index in [0.29, 0.717) is 11.8 Å². The number of methoxy groups -OCH3 is 1. The van der Waals surface area contributed by atoms with E-state index < -0.39 is 0 Å². The summed E-state index contributed by atoms with van der Waals surface area (Å²) in [5, 5.41) is 3.36. The summed E-state index contributed by atoms with van der Waals surface area (Å²) in [7, 11) is 1.43. The summed E-state index contributed by atoms with van der Waals surface area (Å²) in [5.41, 5.74) is 0.337. The Kier molecular flexibility index (Phi) is 5.02. The number of carbonyl (C=O) groups excluding carboxylic acids is 1. The van der Waals surface area contributed by atoms with Crippen LogP contribution in [-0.2, 0) is 14.3 Å². The van der Waals surface area contributed by atoms with Gasteiger partial charge in [0.25, 0.3) is 0 Å². The third-order valence-electron chi connectivity index (χ3n) is 3.57. The van der Waals surface area contributed by atoms with Gasteiger partial charge in [-0.3, -0.25) is 4.79 Å². The molecule has 1 N–H and O–H groups in total. The lowest BCUT2D eigenvalue weighted by Gasteiger charge is -2.32. The maximum absolute atomic E-state index is 11.1. The summed E-state index contributed by atoms with van der Waals surface area (Å²) in [6, 6.07) is 0. The van der Waals surface area contributed by atoms with Crippen molar-refractivity contribution in [1.82, 2.24) is 5.32 Å². The van der Waals surface area contributed by atoms with Crippen molar-refractivity contribution in [2.45, 2.75) is 31.8 Å². The van der Waals surface area contributed by atoms with Crippen molar-refractivity contribution in [1.29, 1.82) is 0 Å². The average molecular weight is 250 g/mol. The van der Waals surface area contributed by atoms with Crippen molar-refractivity contribution in [3.05, 3.63) is 0 Å². The van der Waals surface area contributed by atoms with Gasteiger partial charge < -0.3 is 14.8 Å². The van der Waals surface area contributed by atoms with Gasteiger partial charge in [-0.1, -0.05) is 0 Å². The number of carbonyl (C=O) groups is 1. The van der Waals surface area contributed by atoms with Crippen molar-refractivity contribution in [3.8, 4) is 0 Å². The summed E-state index contributed by atoms with van der Waals surface area (Å²) < 4.78 is 10.3. The zero-order valence-electron chi connectivity index (χ0n) is 9.66. The Bertz CT molecular complexity index is 241. The summed E-state index contributed by atoms with van der Waals surface area (Å²) in [5.74, 6) is -0.161. The number of halogens is 1. The second kappa shape index (κ2) is 5.84. The molecule has 0 saturated carbocycles. The van der Waals surface area contributed by atoms with E-state index in [4.69, 9.17) is 4.74 Å². The summed E-state index contributed by atoms with van der Waals surface area (Å²) in [6.07, 6.45) is 3.85. The van der Waals surface area contributed by atoms with Crippen molar-refractivity contribution in [3.63, 3.8) is 0 Å². The number of hydrogen-bond donors (Lipinski definition) is 1. The molecule has 2 heterocycles. The van der Waals surface area contributed by atoms with Crippen LogP contribution < -0.4 is 5.32 Å². The molecule has 2 rings (SSSR count). The van der Waals surface area contributed by atoms with E-state index >= 15 is 0 Å². The highest BCUT2D eigenvalue weighted by atomic mass is 35.5. The van der Waals surface area contributed by atoms with Crippen molar-refractivity contribution >= 4 is 18.4 Å². The Morgan fingerprint density at radius 3 is 2.81 bits per heavy atom. The van der Waals surface area contributed by atoms with Crippen LogP contribution in [0.4, 0.5) is 0 Å². The highest BCUT2D eigenvalue weighted by molar-refractivity contribution is 5.85. The zero-order valence-corrected chi connectivity index (χ0v) is 10.5. The Morgan fingerprint density at radius 1 is 1.50 bits per heavy atom. The van der Waals surface area contributed by atoms with Gasteiger partial charge in [0.1, 0.15) is 0 Å². The van der Waals surface area contributed by atoms with E-state index in [0.717, 1.165) is 26.1 Å². The van der Waals surface area contributed by atoms with Crippen LogP contribution in [0.3, 0.4) is 0 Å². The smallest absolute Gasteiger partial charge is 0.308 e. The Labute approximate surface area is 102 Å². The van der Waals surface area contributed by atoms with Gasteiger partial charge in [-0.15, -0.1) is 12.4 Å². The van der Waals surface area contributed by atoms with Crippen LogP contribution in [0.25, 0.3) is 0 Å². The van der Waals surface area contributed by atoms with Gasteiger partial charge in [-0.25, -0.2) is 0 Å². The second-order valence-corrected chi connectivity index (χ2v) is 4.67. The number of esters is 1. The molecule has 2 aliphatic rings. The average Bonchev–Trinajstić information content (AvgIpc) is 2.62. The van der Waals surface area contributed by atoms with E-state index in [-0.39, 0.29) is 24.5 Å².